The molecule has 0 aromatic carbocycles. The van der Waals surface area contributed by atoms with Gasteiger partial charge in [0.25, 0.3) is 0 Å². The Balaban J connectivity index is 3.32. The first kappa shape index (κ1) is 20.7. The van der Waals surface area contributed by atoms with Gasteiger partial charge in [-0.2, -0.15) is 4.90 Å². The van der Waals surface area contributed by atoms with E-state index in [1.807, 2.05) is 13.8 Å². The van der Waals surface area contributed by atoms with Crippen molar-refractivity contribution in [2.24, 2.45) is 0 Å². The van der Waals surface area contributed by atoms with Crippen LogP contribution in [0.1, 0.15) is 55.4 Å². The van der Waals surface area contributed by atoms with E-state index in [1.54, 1.807) is 41.5 Å². The van der Waals surface area contributed by atoms with Crippen LogP contribution < -0.4 is 9.64 Å². The number of amides is 2. The lowest BCUT2D eigenvalue weighted by Crippen LogP contribution is -2.44. The number of carbonyl (C=O) groups excluding carboxylic acids is 2. The predicted octanol–water partition coefficient (Wildman–Crippen LogP) is 3.94. The maximum absolute atomic E-state index is 12.6. The van der Waals surface area contributed by atoms with Crippen LogP contribution >= 0.6 is 0 Å². The summed E-state index contributed by atoms with van der Waals surface area (Å²) in [5.74, 6) is 0.140. The smallest absolute Gasteiger partial charge is 0.425 e. The lowest BCUT2D eigenvalue weighted by Gasteiger charge is -2.28. The highest BCUT2D eigenvalue weighted by atomic mass is 16.6. The van der Waals surface area contributed by atoms with E-state index in [9.17, 15) is 9.59 Å². The van der Waals surface area contributed by atoms with E-state index in [-0.39, 0.29) is 17.7 Å². The molecule has 0 spiro atoms. The first-order valence-electron chi connectivity index (χ1n) is 8.03. The van der Waals surface area contributed by atoms with Crippen LogP contribution in [0.2, 0.25) is 0 Å². The van der Waals surface area contributed by atoms with Crippen molar-refractivity contribution in [3.8, 4) is 5.75 Å². The highest BCUT2D eigenvalue weighted by Gasteiger charge is 2.35. The lowest BCUT2D eigenvalue weighted by atomic mass is 10.2. The molecule has 0 saturated carbocycles. The second-order valence-corrected chi connectivity index (χ2v) is 7.67. The summed E-state index contributed by atoms with van der Waals surface area (Å²) >= 11 is 0. The molecule has 25 heavy (non-hydrogen) atoms. The van der Waals surface area contributed by atoms with Crippen molar-refractivity contribution in [3.63, 3.8) is 0 Å². The number of nitrogens with zero attached hydrogens (tertiary/aromatic N) is 3. The molecular weight excluding hydrogens is 326 g/mol. The summed E-state index contributed by atoms with van der Waals surface area (Å²) in [4.78, 5) is 33.8. The fraction of sp³-hybridized carbons (Fsp3) is 0.647. The normalized spacial score (nSPS) is 11.9. The largest absolute Gasteiger partial charge is 0.485 e. The minimum atomic E-state index is -0.908. The molecule has 0 unspecified atom stereocenters. The van der Waals surface area contributed by atoms with Crippen LogP contribution in [-0.2, 0) is 9.47 Å². The van der Waals surface area contributed by atoms with Gasteiger partial charge < -0.3 is 14.2 Å². The molecule has 0 fully saturated rings. The summed E-state index contributed by atoms with van der Waals surface area (Å²) in [7, 11) is 0. The van der Waals surface area contributed by atoms with Gasteiger partial charge in [0, 0.05) is 0 Å². The minimum Gasteiger partial charge on any atom is -0.485 e. The SMILES string of the molecule is CC(C)Oc1cncnc1N(C(=O)OC(C)(C)C)C(=O)OC(C)(C)C. The van der Waals surface area contributed by atoms with Crippen LogP contribution in [0.15, 0.2) is 12.5 Å². The van der Waals surface area contributed by atoms with Crippen molar-refractivity contribution < 1.29 is 23.8 Å². The third-order valence-corrected chi connectivity index (χ3v) is 2.39. The Bertz CT molecular complexity index is 589. The number of imide groups is 1. The van der Waals surface area contributed by atoms with E-state index < -0.39 is 23.4 Å². The Morgan fingerprint density at radius 1 is 1.00 bits per heavy atom. The van der Waals surface area contributed by atoms with Gasteiger partial charge in [0.1, 0.15) is 17.5 Å². The molecule has 0 aliphatic heterocycles. The summed E-state index contributed by atoms with van der Waals surface area (Å²) in [5, 5.41) is 0. The number of aromatic nitrogens is 2. The molecule has 8 nitrogen and oxygen atoms in total. The topological polar surface area (TPSA) is 90.9 Å². The van der Waals surface area contributed by atoms with E-state index in [0.29, 0.717) is 0 Å². The van der Waals surface area contributed by atoms with Gasteiger partial charge in [0.2, 0.25) is 0 Å². The van der Waals surface area contributed by atoms with Gasteiger partial charge in [-0.25, -0.2) is 19.6 Å². The van der Waals surface area contributed by atoms with Crippen LogP contribution in [0.25, 0.3) is 0 Å². The second-order valence-electron chi connectivity index (χ2n) is 7.67. The number of ether oxygens (including phenoxy) is 3. The Morgan fingerprint density at radius 3 is 1.88 bits per heavy atom. The average Bonchev–Trinajstić information content (AvgIpc) is 2.36. The fourth-order valence-corrected chi connectivity index (χ4v) is 1.68. The van der Waals surface area contributed by atoms with Crippen LogP contribution in [0.5, 0.6) is 5.75 Å². The van der Waals surface area contributed by atoms with Crippen molar-refractivity contribution in [2.75, 3.05) is 4.90 Å². The molecule has 8 heteroatoms. The quantitative estimate of drug-likeness (QED) is 0.812. The van der Waals surface area contributed by atoms with Gasteiger partial charge in [0.05, 0.1) is 12.3 Å². The molecule has 1 heterocycles. The molecule has 0 atom stereocenters. The zero-order valence-electron chi connectivity index (χ0n) is 16.1. The van der Waals surface area contributed by atoms with Gasteiger partial charge >= 0.3 is 12.2 Å². The summed E-state index contributed by atoms with van der Waals surface area (Å²) in [6.07, 6.45) is 0.570. The van der Waals surface area contributed by atoms with Gasteiger partial charge in [-0.1, -0.05) is 0 Å². The van der Waals surface area contributed by atoms with Gasteiger partial charge in [-0.3, -0.25) is 0 Å². The highest BCUT2D eigenvalue weighted by molar-refractivity contribution is 6.09. The maximum atomic E-state index is 12.6. The summed E-state index contributed by atoms with van der Waals surface area (Å²) < 4.78 is 16.2. The molecule has 1 aromatic heterocycles. The number of carbonyl (C=O) groups is 2. The van der Waals surface area contributed by atoms with Crippen LogP contribution in [-0.4, -0.2) is 39.5 Å². The molecule has 0 bridgehead atoms. The standard InChI is InChI=1S/C17H27N3O5/c1-11(2)23-12-9-18-10-19-13(12)20(14(21)24-16(3,4)5)15(22)25-17(6,7)8/h9-11H,1-8H3. The number of hydrogen-bond acceptors (Lipinski definition) is 7. The average molecular weight is 353 g/mol. The molecule has 140 valence electrons. The van der Waals surface area contributed by atoms with E-state index in [4.69, 9.17) is 14.2 Å². The highest BCUT2D eigenvalue weighted by Crippen LogP contribution is 2.28. The maximum Gasteiger partial charge on any atom is 0.425 e. The van der Waals surface area contributed by atoms with Crippen molar-refractivity contribution in [1.82, 2.24) is 9.97 Å². The molecule has 1 rings (SSSR count). The van der Waals surface area contributed by atoms with Gasteiger partial charge in [0.15, 0.2) is 11.6 Å². The second kappa shape index (κ2) is 7.67. The molecule has 0 N–H and O–H groups in total. The summed E-state index contributed by atoms with van der Waals surface area (Å²) in [6.45, 7) is 13.8. The number of anilines is 1. The third-order valence-electron chi connectivity index (χ3n) is 2.39. The van der Waals surface area contributed by atoms with Crippen LogP contribution in [0, 0.1) is 0 Å². The fourth-order valence-electron chi connectivity index (χ4n) is 1.68. The molecular formula is C17H27N3O5. The Hall–Kier alpha value is -2.38. The molecule has 0 aliphatic rings. The summed E-state index contributed by atoms with van der Waals surface area (Å²) in [5.41, 5.74) is -1.60. The predicted molar refractivity (Wildman–Crippen MR) is 92.7 cm³/mol. The van der Waals surface area contributed by atoms with E-state index in [2.05, 4.69) is 9.97 Å². The van der Waals surface area contributed by atoms with Crippen molar-refractivity contribution in [1.29, 1.82) is 0 Å². The summed E-state index contributed by atoms with van der Waals surface area (Å²) in [6, 6.07) is 0. The third kappa shape index (κ3) is 6.94. The Kier molecular flexibility index (Phi) is 6.34. The van der Waals surface area contributed by atoms with Gasteiger partial charge in [-0.15, -0.1) is 0 Å². The number of hydrogen-bond donors (Lipinski definition) is 0. The Labute approximate surface area is 148 Å². The molecule has 0 aliphatic carbocycles. The van der Waals surface area contributed by atoms with E-state index in [1.165, 1.54) is 12.5 Å². The monoisotopic (exact) mass is 353 g/mol. The zero-order valence-corrected chi connectivity index (χ0v) is 16.1. The zero-order chi connectivity index (χ0) is 19.4. The van der Waals surface area contributed by atoms with E-state index in [0.717, 1.165) is 4.90 Å². The molecule has 0 saturated heterocycles. The lowest BCUT2D eigenvalue weighted by molar-refractivity contribution is 0.0426. The first-order valence-corrected chi connectivity index (χ1v) is 8.03. The van der Waals surface area contributed by atoms with Crippen molar-refractivity contribution >= 4 is 18.0 Å². The van der Waals surface area contributed by atoms with Crippen molar-refractivity contribution in [2.45, 2.75) is 72.7 Å². The molecule has 1 aromatic rings. The Morgan fingerprint density at radius 2 is 1.48 bits per heavy atom. The minimum absolute atomic E-state index is 0.0350. The van der Waals surface area contributed by atoms with Crippen LogP contribution in [0.3, 0.4) is 0 Å². The van der Waals surface area contributed by atoms with Crippen LogP contribution in [0.4, 0.5) is 15.4 Å². The van der Waals surface area contributed by atoms with E-state index >= 15 is 0 Å². The first-order chi connectivity index (χ1) is 11.3. The molecule has 0 radical (unpaired) electrons. The molecule has 2 amide bonds. The van der Waals surface area contributed by atoms with Gasteiger partial charge in [-0.05, 0) is 55.4 Å². The number of rotatable bonds is 3. The van der Waals surface area contributed by atoms with Crippen molar-refractivity contribution in [3.05, 3.63) is 12.5 Å².